The number of rotatable bonds is 6. The van der Waals surface area contributed by atoms with Crippen molar-refractivity contribution in [2.24, 2.45) is 5.10 Å². The van der Waals surface area contributed by atoms with E-state index in [0.717, 1.165) is 11.1 Å². The summed E-state index contributed by atoms with van der Waals surface area (Å²) in [5, 5.41) is 14.2. The van der Waals surface area contributed by atoms with Crippen molar-refractivity contribution in [2.45, 2.75) is 6.61 Å². The molecule has 0 spiro atoms. The Morgan fingerprint density at radius 3 is 2.39 bits per heavy atom. The second-order valence-electron chi connectivity index (χ2n) is 5.85. The van der Waals surface area contributed by atoms with Gasteiger partial charge in [-0.05, 0) is 71.8 Å². The molecule has 0 saturated heterocycles. The Hall–Kier alpha value is -3.02. The lowest BCUT2D eigenvalue weighted by molar-refractivity contribution is 0.0955. The summed E-state index contributed by atoms with van der Waals surface area (Å²) in [6.45, 7) is 0.368. The molecule has 3 rings (SSSR count). The Kier molecular flexibility index (Phi) is 6.53. The summed E-state index contributed by atoms with van der Waals surface area (Å²) in [6.07, 6.45) is 1.53. The van der Waals surface area contributed by atoms with Crippen molar-refractivity contribution in [2.75, 3.05) is 0 Å². The molecule has 3 aromatic rings. The van der Waals surface area contributed by atoms with E-state index < -0.39 is 0 Å². The predicted molar refractivity (Wildman–Crippen MR) is 110 cm³/mol. The van der Waals surface area contributed by atoms with E-state index in [1.807, 2.05) is 18.2 Å². The lowest BCUT2D eigenvalue weighted by Crippen LogP contribution is -2.17. The number of hydrogen-bond donors (Lipinski definition) is 2. The Bertz CT molecular complexity index is 988. The summed E-state index contributed by atoms with van der Waals surface area (Å²) < 4.78 is 5.72. The number of ether oxygens (including phenoxy) is 1. The highest BCUT2D eigenvalue weighted by Gasteiger charge is 2.03. The highest BCUT2D eigenvalue weighted by Crippen LogP contribution is 2.23. The molecule has 0 bridgehead atoms. The molecule has 3 aromatic carbocycles. The van der Waals surface area contributed by atoms with Gasteiger partial charge in [0.05, 0.1) is 16.3 Å². The zero-order chi connectivity index (χ0) is 19.9. The average molecular weight is 415 g/mol. The van der Waals surface area contributed by atoms with Gasteiger partial charge in [-0.3, -0.25) is 4.79 Å². The molecule has 0 aliphatic carbocycles. The first-order valence-corrected chi connectivity index (χ1v) is 9.06. The minimum Gasteiger partial charge on any atom is -0.508 e. The van der Waals surface area contributed by atoms with Gasteiger partial charge in [-0.2, -0.15) is 5.10 Å². The van der Waals surface area contributed by atoms with E-state index >= 15 is 0 Å². The number of aromatic hydroxyl groups is 1. The van der Waals surface area contributed by atoms with Gasteiger partial charge in [0.1, 0.15) is 18.1 Å². The van der Waals surface area contributed by atoms with Gasteiger partial charge >= 0.3 is 0 Å². The Labute approximate surface area is 172 Å². The topological polar surface area (TPSA) is 70.9 Å². The monoisotopic (exact) mass is 414 g/mol. The lowest BCUT2D eigenvalue weighted by atomic mass is 10.2. The van der Waals surface area contributed by atoms with Gasteiger partial charge in [-0.1, -0.05) is 29.3 Å². The van der Waals surface area contributed by atoms with Gasteiger partial charge < -0.3 is 9.84 Å². The van der Waals surface area contributed by atoms with Gasteiger partial charge in [0, 0.05) is 5.56 Å². The van der Waals surface area contributed by atoms with Crippen LogP contribution in [0.4, 0.5) is 0 Å². The van der Waals surface area contributed by atoms with Crippen LogP contribution in [-0.4, -0.2) is 17.2 Å². The number of nitrogens with zero attached hydrogens (tertiary/aromatic N) is 1. The van der Waals surface area contributed by atoms with Crippen molar-refractivity contribution in [3.63, 3.8) is 0 Å². The van der Waals surface area contributed by atoms with Crippen molar-refractivity contribution < 1.29 is 14.6 Å². The molecular weight excluding hydrogens is 399 g/mol. The average Bonchev–Trinajstić information content (AvgIpc) is 2.70. The number of halogens is 2. The molecule has 28 heavy (non-hydrogen) atoms. The molecule has 2 N–H and O–H groups in total. The van der Waals surface area contributed by atoms with Crippen LogP contribution in [0.3, 0.4) is 0 Å². The van der Waals surface area contributed by atoms with Crippen LogP contribution >= 0.6 is 23.2 Å². The van der Waals surface area contributed by atoms with Crippen LogP contribution in [0.2, 0.25) is 10.0 Å². The van der Waals surface area contributed by atoms with Crippen LogP contribution < -0.4 is 10.2 Å². The second-order valence-corrected chi connectivity index (χ2v) is 6.67. The molecule has 0 fully saturated rings. The Morgan fingerprint density at radius 2 is 1.71 bits per heavy atom. The fraction of sp³-hybridized carbons (Fsp3) is 0.0476. The van der Waals surface area contributed by atoms with Crippen LogP contribution in [0, 0.1) is 0 Å². The van der Waals surface area contributed by atoms with E-state index in [4.69, 9.17) is 27.9 Å². The standard InChI is InChI=1S/C21H16Cl2N2O3/c22-19-10-3-15(11-20(19)23)13-28-18-8-1-14(2-9-18)12-24-25-21(27)16-4-6-17(26)7-5-16/h1-12,26H,13H2,(H,25,27)/b24-12+. The summed E-state index contributed by atoms with van der Waals surface area (Å²) >= 11 is 11.9. The van der Waals surface area contributed by atoms with Crippen LogP contribution in [0.15, 0.2) is 71.8 Å². The van der Waals surface area contributed by atoms with E-state index in [1.54, 1.807) is 24.3 Å². The summed E-state index contributed by atoms with van der Waals surface area (Å²) in [5.74, 6) is 0.427. The quantitative estimate of drug-likeness (QED) is 0.438. The van der Waals surface area contributed by atoms with Gasteiger partial charge in [-0.25, -0.2) is 5.43 Å². The fourth-order valence-electron chi connectivity index (χ4n) is 2.29. The van der Waals surface area contributed by atoms with Crippen molar-refractivity contribution in [1.29, 1.82) is 0 Å². The Morgan fingerprint density at radius 1 is 1.00 bits per heavy atom. The third-order valence-corrected chi connectivity index (χ3v) is 4.52. The Balaban J connectivity index is 1.52. The number of benzene rings is 3. The number of hydrogen-bond acceptors (Lipinski definition) is 4. The number of phenolic OH excluding ortho intramolecular Hbond substituents is 1. The fourth-order valence-corrected chi connectivity index (χ4v) is 2.61. The number of phenols is 1. The smallest absolute Gasteiger partial charge is 0.271 e. The van der Waals surface area contributed by atoms with Crippen LogP contribution in [0.5, 0.6) is 11.5 Å². The molecule has 0 aliphatic rings. The zero-order valence-electron chi connectivity index (χ0n) is 14.6. The van der Waals surface area contributed by atoms with E-state index in [0.29, 0.717) is 28.0 Å². The van der Waals surface area contributed by atoms with E-state index in [2.05, 4.69) is 10.5 Å². The number of carbonyl (C=O) groups is 1. The molecule has 0 saturated carbocycles. The summed E-state index contributed by atoms with van der Waals surface area (Å²) in [4.78, 5) is 11.9. The van der Waals surface area contributed by atoms with Crippen LogP contribution in [0.1, 0.15) is 21.5 Å². The SMILES string of the molecule is O=C(N/N=C/c1ccc(OCc2ccc(Cl)c(Cl)c2)cc1)c1ccc(O)cc1. The number of carbonyl (C=O) groups excluding carboxylic acids is 1. The molecular formula is C21H16Cl2N2O3. The van der Waals surface area contributed by atoms with Crippen molar-refractivity contribution in [3.05, 3.63) is 93.5 Å². The van der Waals surface area contributed by atoms with Gasteiger partial charge in [0.25, 0.3) is 5.91 Å². The van der Waals surface area contributed by atoms with Crippen molar-refractivity contribution >= 4 is 35.3 Å². The lowest BCUT2D eigenvalue weighted by Gasteiger charge is -2.07. The second kappa shape index (κ2) is 9.26. The van der Waals surface area contributed by atoms with Gasteiger partial charge in [-0.15, -0.1) is 0 Å². The first kappa shape index (κ1) is 19.7. The number of nitrogens with one attached hydrogen (secondary N) is 1. The maximum Gasteiger partial charge on any atom is 0.271 e. The summed E-state index contributed by atoms with van der Waals surface area (Å²) in [6, 6.07) is 18.5. The molecule has 5 nitrogen and oxygen atoms in total. The third kappa shape index (κ3) is 5.49. The maximum atomic E-state index is 11.9. The molecule has 0 heterocycles. The predicted octanol–water partition coefficient (Wildman–Crippen LogP) is 5.04. The maximum absolute atomic E-state index is 11.9. The first-order chi connectivity index (χ1) is 13.5. The summed E-state index contributed by atoms with van der Waals surface area (Å²) in [7, 11) is 0. The first-order valence-electron chi connectivity index (χ1n) is 8.30. The minimum absolute atomic E-state index is 0.0986. The molecule has 1 amide bonds. The number of amides is 1. The van der Waals surface area contributed by atoms with E-state index in [9.17, 15) is 9.90 Å². The molecule has 0 radical (unpaired) electrons. The highest BCUT2D eigenvalue weighted by molar-refractivity contribution is 6.42. The normalized spacial score (nSPS) is 10.8. The molecule has 0 aliphatic heterocycles. The number of hydrazone groups is 1. The van der Waals surface area contributed by atoms with Crippen LogP contribution in [-0.2, 0) is 6.61 Å². The highest BCUT2D eigenvalue weighted by atomic mass is 35.5. The molecule has 142 valence electrons. The largest absolute Gasteiger partial charge is 0.508 e. The molecule has 0 aromatic heterocycles. The van der Waals surface area contributed by atoms with Crippen LogP contribution in [0.25, 0.3) is 0 Å². The minimum atomic E-state index is -0.363. The van der Waals surface area contributed by atoms with E-state index in [-0.39, 0.29) is 11.7 Å². The molecule has 0 atom stereocenters. The van der Waals surface area contributed by atoms with Crippen molar-refractivity contribution in [1.82, 2.24) is 5.43 Å². The van der Waals surface area contributed by atoms with Gasteiger partial charge in [0.15, 0.2) is 0 Å². The third-order valence-electron chi connectivity index (χ3n) is 3.78. The van der Waals surface area contributed by atoms with E-state index in [1.165, 1.54) is 30.5 Å². The van der Waals surface area contributed by atoms with Crippen molar-refractivity contribution in [3.8, 4) is 11.5 Å². The summed E-state index contributed by atoms with van der Waals surface area (Å²) in [5.41, 5.74) is 4.55. The molecule has 0 unspecified atom stereocenters. The van der Waals surface area contributed by atoms with Gasteiger partial charge in [0.2, 0.25) is 0 Å². The molecule has 7 heteroatoms. The zero-order valence-corrected chi connectivity index (χ0v) is 16.1.